The van der Waals surface area contributed by atoms with Gasteiger partial charge in [-0.05, 0) is 19.1 Å². The number of hydrogen-bond acceptors (Lipinski definition) is 4. The number of benzene rings is 1. The quantitative estimate of drug-likeness (QED) is 0.403. The SMILES string of the molecule is Cc1c(C(=O)O)cc(OS(=O)(=O)F)cc1[B-](F)(F)F.[K+]. The fourth-order valence-electron chi connectivity index (χ4n) is 1.43. The van der Waals surface area contributed by atoms with Crippen LogP contribution in [-0.2, 0) is 10.5 Å². The molecule has 0 fully saturated rings. The van der Waals surface area contributed by atoms with Crippen LogP contribution in [0.4, 0.5) is 16.8 Å². The maximum atomic E-state index is 12.7. The molecule has 12 heteroatoms. The van der Waals surface area contributed by atoms with Gasteiger partial charge in [0.1, 0.15) is 5.75 Å². The van der Waals surface area contributed by atoms with Gasteiger partial charge in [-0.25, -0.2) is 4.79 Å². The van der Waals surface area contributed by atoms with Gasteiger partial charge in [0.15, 0.2) is 0 Å². The molecular formula is C8H6BF4KO5S. The average Bonchev–Trinajstić information content (AvgIpc) is 2.16. The van der Waals surface area contributed by atoms with Crippen LogP contribution in [0, 0.1) is 6.92 Å². The third-order valence-electron chi connectivity index (χ3n) is 2.20. The third kappa shape index (κ3) is 5.33. The summed E-state index contributed by atoms with van der Waals surface area (Å²) >= 11 is 0. The van der Waals surface area contributed by atoms with Gasteiger partial charge >= 0.3 is 74.8 Å². The molecule has 0 atom stereocenters. The van der Waals surface area contributed by atoms with Crippen molar-refractivity contribution in [1.82, 2.24) is 0 Å². The molecule has 0 heterocycles. The Morgan fingerprint density at radius 1 is 1.30 bits per heavy atom. The molecule has 0 aromatic heterocycles. The summed E-state index contributed by atoms with van der Waals surface area (Å²) in [6.45, 7) is -4.70. The minimum Gasteiger partial charge on any atom is -0.478 e. The molecule has 0 amide bonds. The number of hydrogen-bond donors (Lipinski definition) is 1. The van der Waals surface area contributed by atoms with Gasteiger partial charge in [-0.3, -0.25) is 0 Å². The van der Waals surface area contributed by atoms with Crippen molar-refractivity contribution in [3.63, 3.8) is 0 Å². The Balaban J connectivity index is 0.00000361. The van der Waals surface area contributed by atoms with Gasteiger partial charge in [0, 0.05) is 0 Å². The second-order valence-electron chi connectivity index (χ2n) is 3.54. The van der Waals surface area contributed by atoms with Gasteiger partial charge in [-0.1, -0.05) is 9.45 Å². The van der Waals surface area contributed by atoms with Crippen LogP contribution in [0.25, 0.3) is 0 Å². The summed E-state index contributed by atoms with van der Waals surface area (Å²) in [6, 6.07) is 0.735. The smallest absolute Gasteiger partial charge is 0.478 e. The first-order chi connectivity index (χ1) is 8.42. The van der Waals surface area contributed by atoms with Crippen molar-refractivity contribution in [2.75, 3.05) is 0 Å². The molecule has 1 aromatic carbocycles. The third-order valence-corrected chi connectivity index (χ3v) is 2.59. The molecule has 5 nitrogen and oxygen atoms in total. The molecule has 0 unspecified atom stereocenters. The van der Waals surface area contributed by atoms with E-state index in [2.05, 4.69) is 4.18 Å². The number of rotatable bonds is 4. The number of carboxylic acids is 1. The number of carboxylic acid groups (broad SMARTS) is 1. The van der Waals surface area contributed by atoms with Gasteiger partial charge in [0.2, 0.25) is 0 Å². The maximum Gasteiger partial charge on any atom is 1.00 e. The zero-order valence-corrected chi connectivity index (χ0v) is 14.2. The van der Waals surface area contributed by atoms with Crippen LogP contribution in [0.15, 0.2) is 12.1 Å². The molecule has 0 bridgehead atoms. The number of carbonyl (C=O) groups is 1. The molecule has 0 aliphatic heterocycles. The molecule has 0 saturated carbocycles. The normalized spacial score (nSPS) is 11.7. The topological polar surface area (TPSA) is 80.7 Å². The fraction of sp³-hybridized carbons (Fsp3) is 0.125. The first kappa shape index (κ1) is 19.9. The Morgan fingerprint density at radius 2 is 1.80 bits per heavy atom. The van der Waals surface area contributed by atoms with Crippen molar-refractivity contribution in [3.05, 3.63) is 23.3 Å². The molecule has 0 aliphatic carbocycles. The summed E-state index contributed by atoms with van der Waals surface area (Å²) in [5, 5.41) is 8.72. The van der Waals surface area contributed by atoms with E-state index in [0.717, 1.165) is 6.92 Å². The Bertz CT molecular complexity index is 630. The van der Waals surface area contributed by atoms with Gasteiger partial charge in [-0.15, -0.1) is 5.46 Å². The van der Waals surface area contributed by atoms with E-state index in [1.807, 2.05) is 0 Å². The van der Waals surface area contributed by atoms with Crippen LogP contribution in [0.1, 0.15) is 15.9 Å². The molecule has 1 aromatic rings. The first-order valence-electron chi connectivity index (χ1n) is 4.63. The van der Waals surface area contributed by atoms with Crippen molar-refractivity contribution >= 4 is 28.9 Å². The maximum absolute atomic E-state index is 12.7. The molecule has 0 saturated heterocycles. The molecule has 1 rings (SSSR count). The summed E-state index contributed by atoms with van der Waals surface area (Å²) in [6.07, 6.45) is 0. The van der Waals surface area contributed by atoms with Crippen molar-refractivity contribution in [3.8, 4) is 5.75 Å². The van der Waals surface area contributed by atoms with Gasteiger partial charge < -0.3 is 22.2 Å². The predicted molar refractivity (Wildman–Crippen MR) is 57.5 cm³/mol. The molecule has 0 aliphatic rings. The molecule has 0 spiro atoms. The monoisotopic (exact) mass is 340 g/mol. The van der Waals surface area contributed by atoms with E-state index in [1.54, 1.807) is 0 Å². The first-order valence-corrected chi connectivity index (χ1v) is 5.94. The van der Waals surface area contributed by atoms with Gasteiger partial charge in [0.25, 0.3) is 0 Å². The Hall–Kier alpha value is -0.139. The van der Waals surface area contributed by atoms with E-state index < -0.39 is 45.8 Å². The molecule has 20 heavy (non-hydrogen) atoms. The summed E-state index contributed by atoms with van der Waals surface area (Å²) < 4.78 is 74.4. The van der Waals surface area contributed by atoms with Crippen molar-refractivity contribution in [2.45, 2.75) is 6.92 Å². The zero-order valence-electron chi connectivity index (χ0n) is 10.2. The molecule has 0 radical (unpaired) electrons. The van der Waals surface area contributed by atoms with Crippen LogP contribution in [0.2, 0.25) is 0 Å². The minimum absolute atomic E-state index is 0. The molecular weight excluding hydrogens is 334 g/mol. The van der Waals surface area contributed by atoms with E-state index in [-0.39, 0.29) is 57.5 Å². The number of halogens is 4. The van der Waals surface area contributed by atoms with Gasteiger partial charge in [-0.2, -0.15) is 8.42 Å². The van der Waals surface area contributed by atoms with E-state index >= 15 is 0 Å². The largest absolute Gasteiger partial charge is 1.00 e. The summed E-state index contributed by atoms with van der Waals surface area (Å²) in [5.41, 5.74) is -2.79. The Morgan fingerprint density at radius 3 is 2.15 bits per heavy atom. The fourth-order valence-corrected chi connectivity index (χ4v) is 1.76. The predicted octanol–water partition coefficient (Wildman–Crippen LogP) is -1.66. The van der Waals surface area contributed by atoms with Crippen LogP contribution >= 0.6 is 0 Å². The number of aromatic carboxylic acids is 1. The minimum atomic E-state index is -5.61. The van der Waals surface area contributed by atoms with Crippen LogP contribution in [0.3, 0.4) is 0 Å². The molecule has 106 valence electrons. The van der Waals surface area contributed by atoms with Crippen LogP contribution in [0.5, 0.6) is 5.75 Å². The summed E-state index contributed by atoms with van der Waals surface area (Å²) in [4.78, 5) is 10.8. The van der Waals surface area contributed by atoms with E-state index in [0.29, 0.717) is 6.07 Å². The average molecular weight is 340 g/mol. The van der Waals surface area contributed by atoms with E-state index in [9.17, 15) is 30.0 Å². The van der Waals surface area contributed by atoms with Crippen LogP contribution in [-0.4, -0.2) is 26.5 Å². The van der Waals surface area contributed by atoms with Gasteiger partial charge in [0.05, 0.1) is 5.56 Å². The standard InChI is InChI=1S/C8H6BF4O5S.K/c1-4-6(8(14)15)2-5(18-19(13,16)17)3-7(4)9(10,11)12;/h2-3H,1H3,(H,14,15);/q-1;+1. The summed E-state index contributed by atoms with van der Waals surface area (Å²) in [7, 11) is -5.55. The Labute approximate surface area is 154 Å². The molecule has 1 N–H and O–H groups in total. The zero-order chi connectivity index (χ0) is 15.0. The van der Waals surface area contributed by atoms with Crippen molar-refractivity contribution in [2.24, 2.45) is 0 Å². The van der Waals surface area contributed by atoms with E-state index in [1.165, 1.54) is 0 Å². The van der Waals surface area contributed by atoms with Crippen molar-refractivity contribution < 1.29 is 90.7 Å². The van der Waals surface area contributed by atoms with Crippen molar-refractivity contribution in [1.29, 1.82) is 0 Å². The second-order valence-corrected chi connectivity index (χ2v) is 4.49. The summed E-state index contributed by atoms with van der Waals surface area (Å²) in [5.74, 6) is -2.78. The Kier molecular flexibility index (Phi) is 6.70. The van der Waals surface area contributed by atoms with Crippen LogP contribution < -0.4 is 61.0 Å². The second kappa shape index (κ2) is 6.75. The van der Waals surface area contributed by atoms with E-state index in [4.69, 9.17) is 5.11 Å².